The Kier molecular flexibility index (Phi) is 27.4. The molecule has 4 atom stereocenters. The highest BCUT2D eigenvalue weighted by molar-refractivity contribution is 6.68. The van der Waals surface area contributed by atoms with Crippen molar-refractivity contribution in [1.82, 2.24) is 10.2 Å². The van der Waals surface area contributed by atoms with Gasteiger partial charge in [-0.15, -0.1) is 0 Å². The van der Waals surface area contributed by atoms with E-state index in [0.29, 0.717) is 34.4 Å². The number of nitrogens with zero attached hydrogens (tertiary/aromatic N) is 1. The Morgan fingerprint density at radius 3 is 1.38 bits per heavy atom. The van der Waals surface area contributed by atoms with E-state index >= 15 is 0 Å². The van der Waals surface area contributed by atoms with Gasteiger partial charge in [0, 0.05) is 42.1 Å². The van der Waals surface area contributed by atoms with Crippen molar-refractivity contribution in [3.63, 3.8) is 0 Å². The largest absolute Gasteiger partial charge is 0.479 e. The number of carbonyl (C=O) groups is 6. The Morgan fingerprint density at radius 2 is 1.03 bits per heavy atom. The summed E-state index contributed by atoms with van der Waals surface area (Å²) in [6.45, 7) is 19.6. The van der Waals surface area contributed by atoms with Crippen molar-refractivity contribution in [2.75, 3.05) is 19.6 Å². The van der Waals surface area contributed by atoms with E-state index in [4.69, 9.17) is 37.0 Å². The second-order valence-electron chi connectivity index (χ2n) is 14.6. The van der Waals surface area contributed by atoms with Crippen LogP contribution in [0.2, 0.25) is 0 Å². The van der Waals surface area contributed by atoms with Crippen LogP contribution in [0.3, 0.4) is 0 Å². The van der Waals surface area contributed by atoms with Crippen molar-refractivity contribution >= 4 is 46.6 Å². The molecule has 0 aliphatic rings. The van der Waals surface area contributed by atoms with Gasteiger partial charge in [0.15, 0.2) is 12.2 Å². The van der Waals surface area contributed by atoms with Gasteiger partial charge in [0.05, 0.1) is 6.04 Å². The Balaban J connectivity index is 0.000000936. The molecule has 0 spiro atoms. The van der Waals surface area contributed by atoms with Gasteiger partial charge in [-0.05, 0) is 118 Å². The Morgan fingerprint density at radius 1 is 0.646 bits per heavy atom. The topological polar surface area (TPSA) is 243 Å². The minimum absolute atomic E-state index is 0. The molecule has 15 nitrogen and oxygen atoms in total. The first kappa shape index (κ1) is 59.0. The predicted octanol–water partition coefficient (Wildman–Crippen LogP) is 6.61. The molecular formula is C49H66ClN3O12. The molecule has 1 amide bonds. The summed E-state index contributed by atoms with van der Waals surface area (Å²) in [6, 6.07) is 23.0. The number of carboxylic acid groups (broad SMARTS) is 2. The zero-order valence-electron chi connectivity index (χ0n) is 37.9. The van der Waals surface area contributed by atoms with Crippen LogP contribution >= 0.6 is 11.6 Å². The van der Waals surface area contributed by atoms with Crippen LogP contribution in [0.5, 0.6) is 11.5 Å². The van der Waals surface area contributed by atoms with E-state index in [1.165, 1.54) is 33.5 Å². The standard InChI is InChI=1S/C21H23NO6.C11H11ClO3.C10H13NO3.C6H15N.CH4/c1-12-9-16(13(2)18(10-12)28-14(3)23)20(25)22-17(19(24)21(26)27)11-15-7-5-4-6-8-15;1-6-4-9(11(12)14)7(2)10(5-6)15-8(3)13;11-8(9(12)10(13)14)6-7-4-2-1-3-5-7;1-4-7(5-2)6-3;/h4-10,17,19,24H,11H2,1-3H3,(H,22,25)(H,26,27);4-5H,1-3H3;1-5,8-9,12H,6,11H2,(H,13,14);4-6H2,1-3H3;1H4/t17-,19-;;8-,9?;;/m0.0../s1. The number of aryl methyl sites for hydroxylation is 2. The number of halogens is 1. The van der Waals surface area contributed by atoms with Gasteiger partial charge in [-0.2, -0.15) is 0 Å². The maximum absolute atomic E-state index is 12.8. The quantitative estimate of drug-likeness (QED) is 0.0394. The molecule has 65 heavy (non-hydrogen) atoms. The summed E-state index contributed by atoms with van der Waals surface area (Å²) in [5.41, 5.74) is 10.4. The average molecular weight is 925 g/mol. The molecule has 0 fully saturated rings. The number of amides is 1. The molecule has 4 rings (SSSR count). The third-order valence-corrected chi connectivity index (χ3v) is 9.74. The minimum Gasteiger partial charge on any atom is -0.479 e. The molecule has 4 aromatic carbocycles. The number of nitrogens with one attached hydrogen (secondary N) is 1. The molecule has 7 N–H and O–H groups in total. The molecule has 0 saturated carbocycles. The highest BCUT2D eigenvalue weighted by atomic mass is 35.5. The summed E-state index contributed by atoms with van der Waals surface area (Å²) in [4.78, 5) is 70.1. The molecule has 1 unspecified atom stereocenters. The number of ether oxygens (including phenoxy) is 2. The van der Waals surface area contributed by atoms with Crippen molar-refractivity contribution in [2.45, 2.75) is 107 Å². The zero-order valence-corrected chi connectivity index (χ0v) is 38.6. The van der Waals surface area contributed by atoms with Crippen LogP contribution in [0.4, 0.5) is 0 Å². The van der Waals surface area contributed by atoms with Crippen LogP contribution in [0.25, 0.3) is 0 Å². The average Bonchev–Trinajstić information content (AvgIpc) is 3.23. The third kappa shape index (κ3) is 21.5. The lowest BCUT2D eigenvalue weighted by Gasteiger charge is -2.22. The Labute approximate surface area is 387 Å². The van der Waals surface area contributed by atoms with Gasteiger partial charge < -0.3 is 45.9 Å². The van der Waals surface area contributed by atoms with Gasteiger partial charge in [0.2, 0.25) is 0 Å². The molecule has 0 heterocycles. The van der Waals surface area contributed by atoms with Crippen LogP contribution in [0.15, 0.2) is 84.9 Å². The van der Waals surface area contributed by atoms with Crippen LogP contribution in [-0.4, -0.2) is 104 Å². The van der Waals surface area contributed by atoms with Crippen molar-refractivity contribution in [3.8, 4) is 11.5 Å². The van der Waals surface area contributed by atoms with Gasteiger partial charge in [-0.1, -0.05) is 88.9 Å². The number of benzene rings is 4. The van der Waals surface area contributed by atoms with E-state index in [-0.39, 0.29) is 25.2 Å². The number of aliphatic hydroxyl groups is 2. The number of hydrogen-bond acceptors (Lipinski definition) is 12. The second-order valence-corrected chi connectivity index (χ2v) is 15.0. The van der Waals surface area contributed by atoms with Crippen LogP contribution in [0.1, 0.15) is 96.1 Å². The number of carboxylic acids is 2. The van der Waals surface area contributed by atoms with Crippen LogP contribution in [0, 0.1) is 27.7 Å². The summed E-state index contributed by atoms with van der Waals surface area (Å²) >= 11 is 5.41. The Hall–Kier alpha value is -5.97. The summed E-state index contributed by atoms with van der Waals surface area (Å²) < 4.78 is 10.1. The molecule has 4 aromatic rings. The van der Waals surface area contributed by atoms with Gasteiger partial charge >= 0.3 is 23.9 Å². The summed E-state index contributed by atoms with van der Waals surface area (Å²) in [5.74, 6) is -3.56. The lowest BCUT2D eigenvalue weighted by Crippen LogP contribution is -2.48. The number of carbonyl (C=O) groups excluding carboxylic acids is 4. The highest BCUT2D eigenvalue weighted by Crippen LogP contribution is 2.26. The number of esters is 2. The molecule has 0 radical (unpaired) electrons. The number of aliphatic hydroxyl groups excluding tert-OH is 2. The van der Waals surface area contributed by atoms with Gasteiger partial charge in [0.25, 0.3) is 11.1 Å². The molecule has 356 valence electrons. The predicted molar refractivity (Wildman–Crippen MR) is 252 cm³/mol. The normalized spacial score (nSPS) is 12.0. The van der Waals surface area contributed by atoms with E-state index < -0.39 is 59.3 Å². The highest BCUT2D eigenvalue weighted by Gasteiger charge is 2.29. The molecule has 0 bridgehead atoms. The SMILES string of the molecule is C.CC(=O)Oc1cc(C)cc(C(=O)Cl)c1C.CC(=O)Oc1cc(C)cc(C(=O)N[C@@H](Cc2ccccc2)[C@H](O)C(=O)O)c1C.CCN(CC)CC.N[C@@H](Cc1ccccc1)C(O)C(=O)O. The fourth-order valence-electron chi connectivity index (χ4n) is 5.99. The Bertz CT molecular complexity index is 2140. The molecule has 0 aliphatic carbocycles. The third-order valence-electron chi connectivity index (χ3n) is 9.54. The van der Waals surface area contributed by atoms with Crippen LogP contribution in [-0.2, 0) is 32.0 Å². The van der Waals surface area contributed by atoms with E-state index in [9.17, 15) is 39.0 Å². The fourth-order valence-corrected chi connectivity index (χ4v) is 6.19. The first-order valence-electron chi connectivity index (χ1n) is 20.5. The second kappa shape index (κ2) is 30.2. The maximum atomic E-state index is 12.8. The fraction of sp³-hybridized carbons (Fsp3) is 0.388. The minimum atomic E-state index is -1.78. The first-order chi connectivity index (χ1) is 30.1. The van der Waals surface area contributed by atoms with Crippen molar-refractivity contribution in [3.05, 3.63) is 129 Å². The van der Waals surface area contributed by atoms with Crippen molar-refractivity contribution in [1.29, 1.82) is 0 Å². The lowest BCUT2D eigenvalue weighted by molar-refractivity contribution is -0.148. The van der Waals surface area contributed by atoms with E-state index in [2.05, 4.69) is 31.0 Å². The van der Waals surface area contributed by atoms with E-state index in [1.807, 2.05) is 36.4 Å². The van der Waals surface area contributed by atoms with Gasteiger partial charge in [-0.3, -0.25) is 19.2 Å². The van der Waals surface area contributed by atoms with Crippen molar-refractivity contribution < 1.29 is 58.7 Å². The van der Waals surface area contributed by atoms with E-state index in [1.54, 1.807) is 76.2 Å². The van der Waals surface area contributed by atoms with Gasteiger partial charge in [0.1, 0.15) is 11.5 Å². The number of aliphatic carboxylic acids is 2. The zero-order chi connectivity index (χ0) is 48.7. The smallest absolute Gasteiger partial charge is 0.334 e. The van der Waals surface area contributed by atoms with Gasteiger partial charge in [-0.25, -0.2) is 9.59 Å². The molecule has 0 saturated heterocycles. The summed E-state index contributed by atoms with van der Waals surface area (Å²) in [6.07, 6.45) is -2.78. The summed E-state index contributed by atoms with van der Waals surface area (Å²) in [5, 5.41) is 38.9. The monoisotopic (exact) mass is 923 g/mol. The first-order valence-corrected chi connectivity index (χ1v) is 20.9. The summed E-state index contributed by atoms with van der Waals surface area (Å²) in [7, 11) is 0. The lowest BCUT2D eigenvalue weighted by atomic mass is 9.99. The molecule has 0 aromatic heterocycles. The molecule has 16 heteroatoms. The number of hydrogen-bond donors (Lipinski definition) is 6. The maximum Gasteiger partial charge on any atom is 0.334 e. The van der Waals surface area contributed by atoms with E-state index in [0.717, 1.165) is 16.7 Å². The van der Waals surface area contributed by atoms with Crippen LogP contribution < -0.4 is 20.5 Å². The molecular weight excluding hydrogens is 858 g/mol. The molecule has 0 aliphatic heterocycles. The number of nitrogens with two attached hydrogens (primary N) is 1. The van der Waals surface area contributed by atoms with Crippen molar-refractivity contribution in [2.24, 2.45) is 5.73 Å². The number of rotatable bonds is 16.